The van der Waals surface area contributed by atoms with E-state index in [9.17, 15) is 19.2 Å². The number of hydrogen-bond donors (Lipinski definition) is 2. The quantitative estimate of drug-likeness (QED) is 0.581. The molecule has 0 saturated heterocycles. The van der Waals surface area contributed by atoms with Gasteiger partial charge < -0.3 is 20.3 Å². The number of esters is 1. The van der Waals surface area contributed by atoms with Gasteiger partial charge in [-0.25, -0.2) is 4.79 Å². The van der Waals surface area contributed by atoms with E-state index in [2.05, 4.69) is 15.6 Å². The molecule has 1 aliphatic carbocycles. The fraction of sp³-hybridized carbons (Fsp3) is 0.458. The van der Waals surface area contributed by atoms with Crippen LogP contribution in [0.5, 0.6) is 0 Å². The molecule has 0 radical (unpaired) electrons. The number of fused-ring (bicyclic) bond motifs is 1. The van der Waals surface area contributed by atoms with Gasteiger partial charge in [0, 0.05) is 29.9 Å². The second-order valence-corrected chi connectivity index (χ2v) is 10.3. The molecule has 0 saturated carbocycles. The molecule has 2 N–H and O–H groups in total. The third-order valence-electron chi connectivity index (χ3n) is 5.17. The van der Waals surface area contributed by atoms with Crippen molar-refractivity contribution < 1.29 is 23.9 Å². The Labute approximate surface area is 202 Å². The van der Waals surface area contributed by atoms with Crippen molar-refractivity contribution in [2.45, 2.75) is 52.0 Å². The summed E-state index contributed by atoms with van der Waals surface area (Å²) in [5.74, 6) is -1.84. The van der Waals surface area contributed by atoms with Crippen molar-refractivity contribution in [2.75, 3.05) is 25.5 Å². The molecule has 34 heavy (non-hydrogen) atoms. The number of hydrogen-bond acceptors (Lipinski definition) is 7. The first-order chi connectivity index (χ1) is 16.0. The second kappa shape index (κ2) is 10.8. The van der Waals surface area contributed by atoms with Crippen LogP contribution in [0.1, 0.15) is 64.8 Å². The third-order valence-corrected chi connectivity index (χ3v) is 6.38. The number of aryl methyl sites for hydroxylation is 1. The van der Waals surface area contributed by atoms with Gasteiger partial charge in [-0.15, -0.1) is 11.3 Å². The van der Waals surface area contributed by atoms with Crippen molar-refractivity contribution in [2.24, 2.45) is 0 Å². The van der Waals surface area contributed by atoms with Crippen LogP contribution in [0.4, 0.5) is 5.00 Å². The predicted octanol–water partition coefficient (Wildman–Crippen LogP) is 2.80. The summed E-state index contributed by atoms with van der Waals surface area (Å²) in [6.07, 6.45) is 6.51. The molecular weight excluding hydrogens is 456 g/mol. The molecule has 10 heteroatoms. The zero-order chi connectivity index (χ0) is 24.9. The van der Waals surface area contributed by atoms with E-state index in [1.807, 2.05) is 20.8 Å². The van der Waals surface area contributed by atoms with Gasteiger partial charge in [0.15, 0.2) is 6.61 Å². The largest absolute Gasteiger partial charge is 0.452 e. The molecule has 0 fully saturated rings. The van der Waals surface area contributed by atoms with Crippen LogP contribution in [0.3, 0.4) is 0 Å². The van der Waals surface area contributed by atoms with Gasteiger partial charge in [0.1, 0.15) is 5.00 Å². The minimum atomic E-state index is -0.665. The Morgan fingerprint density at radius 3 is 2.59 bits per heavy atom. The number of ether oxygens (including phenoxy) is 1. The Hall–Kier alpha value is -3.27. The van der Waals surface area contributed by atoms with Gasteiger partial charge in [-0.3, -0.25) is 19.4 Å². The maximum absolute atomic E-state index is 13.0. The van der Waals surface area contributed by atoms with Gasteiger partial charge in [-0.05, 0) is 64.2 Å². The summed E-state index contributed by atoms with van der Waals surface area (Å²) in [6, 6.07) is 3.30. The van der Waals surface area contributed by atoms with Crippen LogP contribution in [0.2, 0.25) is 0 Å². The van der Waals surface area contributed by atoms with E-state index in [0.717, 1.165) is 29.7 Å². The Morgan fingerprint density at radius 1 is 1.18 bits per heavy atom. The average molecular weight is 487 g/mol. The van der Waals surface area contributed by atoms with Crippen LogP contribution in [-0.2, 0) is 27.2 Å². The fourth-order valence-corrected chi connectivity index (χ4v) is 4.89. The molecule has 1 aliphatic rings. The van der Waals surface area contributed by atoms with Crippen LogP contribution in [0.25, 0.3) is 0 Å². The first-order valence-electron chi connectivity index (χ1n) is 11.1. The number of nitrogens with one attached hydrogen (secondary N) is 2. The van der Waals surface area contributed by atoms with Gasteiger partial charge in [-0.2, -0.15) is 0 Å². The monoisotopic (exact) mass is 486 g/mol. The lowest BCUT2D eigenvalue weighted by Gasteiger charge is -2.23. The summed E-state index contributed by atoms with van der Waals surface area (Å²) in [6.45, 7) is 4.90. The second-order valence-electron chi connectivity index (χ2n) is 9.23. The number of anilines is 1. The van der Waals surface area contributed by atoms with Crippen molar-refractivity contribution in [1.82, 2.24) is 15.2 Å². The van der Waals surface area contributed by atoms with Crippen molar-refractivity contribution in [3.05, 3.63) is 46.1 Å². The molecule has 2 aromatic rings. The molecule has 0 bridgehead atoms. The lowest BCUT2D eigenvalue weighted by Crippen LogP contribution is -2.46. The Bertz CT molecular complexity index is 1080. The van der Waals surface area contributed by atoms with E-state index >= 15 is 0 Å². The number of aromatic nitrogens is 1. The lowest BCUT2D eigenvalue weighted by molar-refractivity contribution is -0.137. The molecule has 0 unspecified atom stereocenters. The summed E-state index contributed by atoms with van der Waals surface area (Å²) in [5, 5.41) is 6.01. The fourth-order valence-electron chi connectivity index (χ4n) is 3.61. The van der Waals surface area contributed by atoms with E-state index in [4.69, 9.17) is 4.74 Å². The Kier molecular flexibility index (Phi) is 8.03. The maximum Gasteiger partial charge on any atom is 0.341 e. The molecule has 0 spiro atoms. The number of thiophene rings is 1. The zero-order valence-electron chi connectivity index (χ0n) is 19.9. The summed E-state index contributed by atoms with van der Waals surface area (Å²) < 4.78 is 5.33. The van der Waals surface area contributed by atoms with E-state index < -0.39 is 24.0 Å². The third kappa shape index (κ3) is 6.63. The molecule has 0 aliphatic heterocycles. The number of pyridine rings is 1. The van der Waals surface area contributed by atoms with Crippen molar-refractivity contribution in [1.29, 1.82) is 0 Å². The minimum absolute atomic E-state index is 0.145. The molecule has 3 rings (SSSR count). The van der Waals surface area contributed by atoms with Crippen LogP contribution in [0.15, 0.2) is 24.5 Å². The number of carbonyl (C=O) groups is 4. The van der Waals surface area contributed by atoms with Crippen LogP contribution < -0.4 is 10.6 Å². The highest BCUT2D eigenvalue weighted by Gasteiger charge is 2.28. The number of likely N-dealkylation sites (N-methyl/N-ethyl adjacent to an activating group) is 1. The van der Waals surface area contributed by atoms with Crippen molar-refractivity contribution in [3.63, 3.8) is 0 Å². The summed E-state index contributed by atoms with van der Waals surface area (Å²) in [7, 11) is 1.48. The smallest absolute Gasteiger partial charge is 0.341 e. The van der Waals surface area contributed by atoms with Crippen molar-refractivity contribution in [3.8, 4) is 0 Å². The molecular formula is C24H30N4O5S. The highest BCUT2D eigenvalue weighted by atomic mass is 32.1. The van der Waals surface area contributed by atoms with Gasteiger partial charge in [-0.1, -0.05) is 0 Å². The number of carbonyl (C=O) groups excluding carboxylic acids is 4. The SMILES string of the molecule is CN(CC(=O)NC(C)(C)C)C(=O)COC(=O)c1c(NC(=O)c2cccnc2)sc2c1CCCC2. The van der Waals surface area contributed by atoms with Gasteiger partial charge in [0.25, 0.3) is 11.8 Å². The normalized spacial score (nSPS) is 12.9. The first kappa shape index (κ1) is 25.4. The standard InChI is InChI=1S/C24H30N4O5S/c1-24(2,3)27-18(29)13-28(4)19(30)14-33-23(32)20-16-9-5-6-10-17(16)34-22(20)26-21(31)15-8-7-11-25-12-15/h7-8,11-12H,5-6,9-10,13-14H2,1-4H3,(H,26,31)(H,27,29). The van der Waals surface area contributed by atoms with Gasteiger partial charge in [0.05, 0.1) is 17.7 Å². The van der Waals surface area contributed by atoms with Crippen LogP contribution >= 0.6 is 11.3 Å². The molecule has 2 aromatic heterocycles. The Morgan fingerprint density at radius 2 is 1.91 bits per heavy atom. The maximum atomic E-state index is 13.0. The molecule has 2 heterocycles. The van der Waals surface area contributed by atoms with E-state index in [0.29, 0.717) is 22.5 Å². The first-order valence-corrected chi connectivity index (χ1v) is 11.9. The van der Waals surface area contributed by atoms with E-state index in [-0.39, 0.29) is 18.4 Å². The average Bonchev–Trinajstić information content (AvgIpc) is 3.14. The van der Waals surface area contributed by atoms with Gasteiger partial charge >= 0.3 is 5.97 Å². The predicted molar refractivity (Wildman–Crippen MR) is 129 cm³/mol. The molecule has 0 aromatic carbocycles. The minimum Gasteiger partial charge on any atom is -0.452 e. The van der Waals surface area contributed by atoms with Gasteiger partial charge in [0.2, 0.25) is 5.91 Å². The highest BCUT2D eigenvalue weighted by Crippen LogP contribution is 2.38. The number of amides is 3. The van der Waals surface area contributed by atoms with E-state index in [1.165, 1.54) is 29.5 Å². The highest BCUT2D eigenvalue weighted by molar-refractivity contribution is 7.17. The topological polar surface area (TPSA) is 118 Å². The molecule has 9 nitrogen and oxygen atoms in total. The summed E-state index contributed by atoms with van der Waals surface area (Å²) >= 11 is 1.37. The zero-order valence-corrected chi connectivity index (χ0v) is 20.7. The molecule has 0 atom stereocenters. The van der Waals surface area contributed by atoms with E-state index in [1.54, 1.807) is 18.3 Å². The summed E-state index contributed by atoms with van der Waals surface area (Å²) in [4.78, 5) is 56.4. The summed E-state index contributed by atoms with van der Waals surface area (Å²) in [5.41, 5.74) is 1.13. The number of nitrogens with zero attached hydrogens (tertiary/aromatic N) is 2. The van der Waals surface area contributed by atoms with Crippen LogP contribution in [0, 0.1) is 0 Å². The molecule has 3 amide bonds. The Balaban J connectivity index is 1.69. The van der Waals surface area contributed by atoms with Crippen molar-refractivity contribution >= 4 is 40.0 Å². The van der Waals surface area contributed by atoms with Crippen LogP contribution in [-0.4, -0.2) is 59.3 Å². The lowest BCUT2D eigenvalue weighted by atomic mass is 9.95. The molecule has 182 valence electrons. The number of rotatable bonds is 7.